The van der Waals surface area contributed by atoms with Gasteiger partial charge >= 0.3 is 0 Å². The molecule has 0 unspecified atom stereocenters. The first-order chi connectivity index (χ1) is 9.86. The second kappa shape index (κ2) is 6.29. The summed E-state index contributed by atoms with van der Waals surface area (Å²) in [4.78, 5) is 0. The van der Waals surface area contributed by atoms with Gasteiger partial charge in [0.25, 0.3) is 0 Å². The molecule has 108 valence electrons. The summed E-state index contributed by atoms with van der Waals surface area (Å²) in [6.07, 6.45) is 4.41. The van der Waals surface area contributed by atoms with Crippen LogP contribution in [0, 0.1) is 0 Å². The summed E-state index contributed by atoms with van der Waals surface area (Å²) in [7, 11) is 1.70. The Kier molecular flexibility index (Phi) is 4.23. The molecule has 1 fully saturated rings. The fourth-order valence-corrected chi connectivity index (χ4v) is 2.79. The van der Waals surface area contributed by atoms with E-state index < -0.39 is 0 Å². The first-order valence-electron chi connectivity index (χ1n) is 7.31. The van der Waals surface area contributed by atoms with Crippen LogP contribution in [0.25, 0.3) is 10.9 Å². The minimum Gasteiger partial charge on any atom is -0.497 e. The van der Waals surface area contributed by atoms with Crippen LogP contribution in [-0.4, -0.2) is 37.5 Å². The molecule has 0 aliphatic carbocycles. The number of fused-ring (bicyclic) bond motifs is 1. The van der Waals surface area contributed by atoms with E-state index >= 15 is 0 Å². The SMILES string of the molecule is COc1ccc2c(ccn2CCNC2CCOCC2)c1. The van der Waals surface area contributed by atoms with Crippen molar-refractivity contribution in [2.75, 3.05) is 26.9 Å². The number of methoxy groups -OCH3 is 1. The Morgan fingerprint density at radius 1 is 1.30 bits per heavy atom. The predicted octanol–water partition coefficient (Wildman–Crippen LogP) is 2.42. The van der Waals surface area contributed by atoms with E-state index in [2.05, 4.69) is 34.3 Å². The van der Waals surface area contributed by atoms with E-state index in [4.69, 9.17) is 9.47 Å². The van der Waals surface area contributed by atoms with E-state index in [0.717, 1.165) is 44.9 Å². The molecular formula is C16H22N2O2. The quantitative estimate of drug-likeness (QED) is 0.909. The lowest BCUT2D eigenvalue weighted by Gasteiger charge is -2.23. The van der Waals surface area contributed by atoms with Crippen LogP contribution in [0.15, 0.2) is 30.5 Å². The zero-order valence-corrected chi connectivity index (χ0v) is 12.0. The average molecular weight is 274 g/mol. The summed E-state index contributed by atoms with van der Waals surface area (Å²) in [6.45, 7) is 3.78. The van der Waals surface area contributed by atoms with Gasteiger partial charge in [-0.15, -0.1) is 0 Å². The van der Waals surface area contributed by atoms with E-state index in [9.17, 15) is 0 Å². The Labute approximate surface area is 119 Å². The smallest absolute Gasteiger partial charge is 0.119 e. The summed E-state index contributed by atoms with van der Waals surface area (Å²) in [5, 5.41) is 4.85. The van der Waals surface area contributed by atoms with Crippen LogP contribution in [0.2, 0.25) is 0 Å². The molecule has 3 rings (SSSR count). The van der Waals surface area contributed by atoms with Crippen LogP contribution < -0.4 is 10.1 Å². The van der Waals surface area contributed by atoms with Crippen LogP contribution in [0.5, 0.6) is 5.75 Å². The summed E-state index contributed by atoms with van der Waals surface area (Å²) >= 11 is 0. The molecule has 0 radical (unpaired) electrons. The van der Waals surface area contributed by atoms with Crippen LogP contribution in [0.3, 0.4) is 0 Å². The molecule has 1 aliphatic heterocycles. The zero-order valence-electron chi connectivity index (χ0n) is 12.0. The Morgan fingerprint density at radius 3 is 2.95 bits per heavy atom. The van der Waals surface area contributed by atoms with Gasteiger partial charge in [-0.25, -0.2) is 0 Å². The first-order valence-corrected chi connectivity index (χ1v) is 7.31. The van der Waals surface area contributed by atoms with Crippen molar-refractivity contribution in [3.63, 3.8) is 0 Å². The van der Waals surface area contributed by atoms with Gasteiger partial charge in [-0.1, -0.05) is 0 Å². The largest absolute Gasteiger partial charge is 0.497 e. The van der Waals surface area contributed by atoms with Gasteiger partial charge in [0, 0.05) is 49.4 Å². The van der Waals surface area contributed by atoms with E-state index in [1.165, 1.54) is 10.9 Å². The van der Waals surface area contributed by atoms with Crippen molar-refractivity contribution in [1.82, 2.24) is 9.88 Å². The Balaban J connectivity index is 1.59. The van der Waals surface area contributed by atoms with Crippen LogP contribution in [0.1, 0.15) is 12.8 Å². The number of ether oxygens (including phenoxy) is 2. The number of rotatable bonds is 5. The predicted molar refractivity (Wildman–Crippen MR) is 80.3 cm³/mol. The number of nitrogens with zero attached hydrogens (tertiary/aromatic N) is 1. The zero-order chi connectivity index (χ0) is 13.8. The molecule has 0 amide bonds. The number of benzene rings is 1. The van der Waals surface area contributed by atoms with E-state index in [1.54, 1.807) is 7.11 Å². The molecule has 2 heterocycles. The fraction of sp³-hybridized carbons (Fsp3) is 0.500. The number of hydrogen-bond acceptors (Lipinski definition) is 3. The van der Waals surface area contributed by atoms with Gasteiger partial charge in [0.2, 0.25) is 0 Å². The van der Waals surface area contributed by atoms with Crippen LogP contribution in [-0.2, 0) is 11.3 Å². The van der Waals surface area contributed by atoms with Crippen molar-refractivity contribution in [1.29, 1.82) is 0 Å². The molecular weight excluding hydrogens is 252 g/mol. The van der Waals surface area contributed by atoms with Gasteiger partial charge < -0.3 is 19.4 Å². The van der Waals surface area contributed by atoms with Crippen LogP contribution in [0.4, 0.5) is 0 Å². The number of aromatic nitrogens is 1. The van der Waals surface area contributed by atoms with Gasteiger partial charge in [0.05, 0.1) is 7.11 Å². The van der Waals surface area contributed by atoms with Gasteiger partial charge in [-0.3, -0.25) is 0 Å². The third kappa shape index (κ3) is 2.97. The highest BCUT2D eigenvalue weighted by molar-refractivity contribution is 5.81. The molecule has 20 heavy (non-hydrogen) atoms. The molecule has 1 saturated heterocycles. The summed E-state index contributed by atoms with van der Waals surface area (Å²) in [6, 6.07) is 8.99. The highest BCUT2D eigenvalue weighted by atomic mass is 16.5. The van der Waals surface area contributed by atoms with Crippen molar-refractivity contribution < 1.29 is 9.47 Å². The van der Waals surface area contributed by atoms with Crippen molar-refractivity contribution in [2.45, 2.75) is 25.4 Å². The molecule has 0 bridgehead atoms. The Morgan fingerprint density at radius 2 is 2.15 bits per heavy atom. The molecule has 4 heteroatoms. The minimum absolute atomic E-state index is 0.616. The lowest BCUT2D eigenvalue weighted by molar-refractivity contribution is 0.0779. The third-order valence-corrected chi connectivity index (χ3v) is 3.99. The van der Waals surface area contributed by atoms with Crippen molar-refractivity contribution in [3.05, 3.63) is 30.5 Å². The maximum absolute atomic E-state index is 5.37. The van der Waals surface area contributed by atoms with E-state index in [-0.39, 0.29) is 0 Å². The summed E-state index contributed by atoms with van der Waals surface area (Å²) < 4.78 is 12.9. The lowest BCUT2D eigenvalue weighted by atomic mass is 10.1. The van der Waals surface area contributed by atoms with E-state index in [0.29, 0.717) is 6.04 Å². The molecule has 0 saturated carbocycles. The van der Waals surface area contributed by atoms with Crippen molar-refractivity contribution in [3.8, 4) is 5.75 Å². The molecule has 1 aliphatic rings. The topological polar surface area (TPSA) is 35.4 Å². The molecule has 1 aromatic heterocycles. The van der Waals surface area contributed by atoms with E-state index in [1.807, 2.05) is 6.07 Å². The number of hydrogen-bond donors (Lipinski definition) is 1. The van der Waals surface area contributed by atoms with Crippen LogP contribution >= 0.6 is 0 Å². The second-order valence-electron chi connectivity index (χ2n) is 5.27. The second-order valence-corrected chi connectivity index (χ2v) is 5.27. The van der Waals surface area contributed by atoms with Gasteiger partial charge in [0.15, 0.2) is 0 Å². The van der Waals surface area contributed by atoms with Crippen molar-refractivity contribution >= 4 is 10.9 Å². The molecule has 4 nitrogen and oxygen atoms in total. The standard InChI is InChI=1S/C16H22N2O2/c1-19-15-2-3-16-13(12-15)4-8-18(16)9-7-17-14-5-10-20-11-6-14/h2-4,8,12,14,17H,5-7,9-11H2,1H3. The highest BCUT2D eigenvalue weighted by Gasteiger charge is 2.12. The molecule has 1 aromatic carbocycles. The fourth-order valence-electron chi connectivity index (χ4n) is 2.79. The molecule has 0 atom stereocenters. The average Bonchev–Trinajstić information content (AvgIpc) is 2.91. The maximum Gasteiger partial charge on any atom is 0.119 e. The molecule has 1 N–H and O–H groups in total. The molecule has 2 aromatic rings. The van der Waals surface area contributed by atoms with Crippen molar-refractivity contribution in [2.24, 2.45) is 0 Å². The highest BCUT2D eigenvalue weighted by Crippen LogP contribution is 2.21. The minimum atomic E-state index is 0.616. The summed E-state index contributed by atoms with van der Waals surface area (Å²) in [5.41, 5.74) is 1.26. The van der Waals surface area contributed by atoms with Gasteiger partial charge in [-0.2, -0.15) is 0 Å². The monoisotopic (exact) mass is 274 g/mol. The summed E-state index contributed by atoms with van der Waals surface area (Å²) in [5.74, 6) is 0.913. The lowest BCUT2D eigenvalue weighted by Crippen LogP contribution is -2.36. The number of nitrogens with one attached hydrogen (secondary N) is 1. The maximum atomic E-state index is 5.37. The molecule has 0 spiro atoms. The normalized spacial score (nSPS) is 16.6. The van der Waals surface area contributed by atoms with Gasteiger partial charge in [-0.05, 0) is 37.1 Å². The van der Waals surface area contributed by atoms with Gasteiger partial charge in [0.1, 0.15) is 5.75 Å². The first kappa shape index (κ1) is 13.5. The Hall–Kier alpha value is -1.52. The third-order valence-electron chi connectivity index (χ3n) is 3.99. The Bertz CT molecular complexity index is 559.